The van der Waals surface area contributed by atoms with Gasteiger partial charge < -0.3 is 4.74 Å². The molecule has 0 aromatic carbocycles. The monoisotopic (exact) mass is 306 g/mol. The zero-order chi connectivity index (χ0) is 12.0. The normalized spacial score (nSPS) is 11.1. The van der Waals surface area contributed by atoms with Crippen molar-refractivity contribution in [3.05, 3.63) is 17.3 Å². The number of carbonyl (C=O) groups is 1. The van der Waals surface area contributed by atoms with E-state index in [2.05, 4.69) is 36.7 Å². The fraction of sp³-hybridized carbons (Fsp3) is 0.250. The van der Waals surface area contributed by atoms with E-state index in [0.29, 0.717) is 5.82 Å². The molecule has 0 fully saturated rings. The molecule has 1 N–H and O–H groups in total. The van der Waals surface area contributed by atoms with Crippen LogP contribution in [0.4, 0.5) is 5.82 Å². The lowest BCUT2D eigenvalue weighted by atomic mass is 10.5. The number of esters is 1. The molecule has 0 radical (unpaired) electrons. The van der Waals surface area contributed by atoms with Crippen LogP contribution in [-0.2, 0) is 9.53 Å². The smallest absolute Gasteiger partial charge is 0.366 e. The van der Waals surface area contributed by atoms with Crippen LogP contribution in [0.15, 0.2) is 17.2 Å². The Labute approximate surface area is 105 Å². The van der Waals surface area contributed by atoms with Gasteiger partial charge >= 0.3 is 5.97 Å². The van der Waals surface area contributed by atoms with Crippen LogP contribution in [0.3, 0.4) is 0 Å². The van der Waals surface area contributed by atoms with Crippen LogP contribution >= 0.6 is 27.5 Å². The molecule has 1 aromatic rings. The highest BCUT2D eigenvalue weighted by atomic mass is 79.9. The maximum Gasteiger partial charge on any atom is 0.366 e. The molecule has 0 aliphatic carbocycles. The first-order valence-corrected chi connectivity index (χ1v) is 5.46. The summed E-state index contributed by atoms with van der Waals surface area (Å²) < 4.78 is 4.72. The van der Waals surface area contributed by atoms with Gasteiger partial charge in [-0.3, -0.25) is 5.43 Å². The van der Waals surface area contributed by atoms with Gasteiger partial charge in [0.25, 0.3) is 0 Å². The summed E-state index contributed by atoms with van der Waals surface area (Å²) in [5, 5.41) is 11.3. The fourth-order valence-corrected chi connectivity index (χ4v) is 1.02. The standard InChI is InChI=1S/C8H8BrClN4O2/c1-2-16-8(15)7(9)14-13-6-4-3-5(10)11-12-6/h3-4H,2H2,1H3,(H,12,13)/b14-7-. The second-order valence-corrected chi connectivity index (χ2v) is 3.61. The lowest BCUT2D eigenvalue weighted by Crippen LogP contribution is -2.13. The van der Waals surface area contributed by atoms with Crippen molar-refractivity contribution in [1.82, 2.24) is 10.2 Å². The van der Waals surface area contributed by atoms with Crippen LogP contribution < -0.4 is 5.43 Å². The Hall–Kier alpha value is -1.21. The number of halogens is 2. The number of nitrogens with one attached hydrogen (secondary N) is 1. The summed E-state index contributed by atoms with van der Waals surface area (Å²) in [6.45, 7) is 1.99. The number of aromatic nitrogens is 2. The molecule has 0 aliphatic heterocycles. The van der Waals surface area contributed by atoms with Crippen molar-refractivity contribution in [2.45, 2.75) is 6.92 Å². The topological polar surface area (TPSA) is 76.5 Å². The molecule has 0 unspecified atom stereocenters. The van der Waals surface area contributed by atoms with Crippen molar-refractivity contribution < 1.29 is 9.53 Å². The molecule has 0 amide bonds. The Kier molecular flexibility index (Phi) is 5.13. The van der Waals surface area contributed by atoms with Gasteiger partial charge in [0.05, 0.1) is 6.61 Å². The van der Waals surface area contributed by atoms with Crippen LogP contribution in [0.2, 0.25) is 5.15 Å². The van der Waals surface area contributed by atoms with Crippen molar-refractivity contribution in [2.24, 2.45) is 5.10 Å². The molecule has 86 valence electrons. The van der Waals surface area contributed by atoms with E-state index in [-0.39, 0.29) is 16.4 Å². The number of hydrogen-bond acceptors (Lipinski definition) is 6. The van der Waals surface area contributed by atoms with E-state index in [9.17, 15) is 4.79 Å². The van der Waals surface area contributed by atoms with Gasteiger partial charge in [0.15, 0.2) is 11.0 Å². The van der Waals surface area contributed by atoms with Crippen LogP contribution in [0.25, 0.3) is 0 Å². The molecule has 6 nitrogen and oxygen atoms in total. The van der Waals surface area contributed by atoms with E-state index in [1.165, 1.54) is 0 Å². The number of ether oxygens (including phenoxy) is 1. The van der Waals surface area contributed by atoms with Gasteiger partial charge in [0.2, 0.25) is 4.62 Å². The van der Waals surface area contributed by atoms with Crippen LogP contribution in [0.1, 0.15) is 6.92 Å². The minimum Gasteiger partial charge on any atom is -0.461 e. The summed E-state index contributed by atoms with van der Waals surface area (Å²) in [6, 6.07) is 3.12. The lowest BCUT2D eigenvalue weighted by Gasteiger charge is -2.00. The summed E-state index contributed by atoms with van der Waals surface area (Å²) in [5.41, 5.74) is 2.52. The average molecular weight is 308 g/mol. The van der Waals surface area contributed by atoms with Gasteiger partial charge in [-0.05, 0) is 35.0 Å². The number of nitrogens with zero attached hydrogens (tertiary/aromatic N) is 3. The molecule has 0 spiro atoms. The van der Waals surface area contributed by atoms with Gasteiger partial charge in [-0.1, -0.05) is 11.6 Å². The molecule has 1 rings (SSSR count). The zero-order valence-corrected chi connectivity index (χ0v) is 10.6. The molecule has 0 aliphatic rings. The minimum absolute atomic E-state index is 0.0195. The molecule has 16 heavy (non-hydrogen) atoms. The highest BCUT2D eigenvalue weighted by Crippen LogP contribution is 2.06. The van der Waals surface area contributed by atoms with Gasteiger partial charge in [0, 0.05) is 0 Å². The molecular formula is C8H8BrClN4O2. The first kappa shape index (κ1) is 12.9. The van der Waals surface area contributed by atoms with E-state index < -0.39 is 5.97 Å². The summed E-state index contributed by atoms with van der Waals surface area (Å²) >= 11 is 8.50. The van der Waals surface area contributed by atoms with E-state index >= 15 is 0 Å². The number of hydrogen-bond donors (Lipinski definition) is 1. The van der Waals surface area contributed by atoms with Crippen molar-refractivity contribution in [3.63, 3.8) is 0 Å². The van der Waals surface area contributed by atoms with Crippen LogP contribution in [0.5, 0.6) is 0 Å². The lowest BCUT2D eigenvalue weighted by molar-refractivity contribution is -0.134. The second kappa shape index (κ2) is 6.39. The summed E-state index contributed by atoms with van der Waals surface area (Å²) in [5.74, 6) is -0.192. The SMILES string of the molecule is CCOC(=O)/C(Br)=N/Nc1ccc(Cl)nn1. The third kappa shape index (κ3) is 4.11. The van der Waals surface area contributed by atoms with Gasteiger partial charge in [-0.25, -0.2) is 4.79 Å². The Morgan fingerprint density at radius 3 is 2.94 bits per heavy atom. The first-order valence-electron chi connectivity index (χ1n) is 4.29. The molecule has 0 saturated heterocycles. The molecular weight excluding hydrogens is 299 g/mol. The zero-order valence-electron chi connectivity index (χ0n) is 8.28. The molecule has 1 heterocycles. The quantitative estimate of drug-likeness (QED) is 0.521. The largest absolute Gasteiger partial charge is 0.461 e. The summed E-state index contributed by atoms with van der Waals surface area (Å²) in [4.78, 5) is 11.1. The highest BCUT2D eigenvalue weighted by molar-refractivity contribution is 9.19. The maximum absolute atomic E-state index is 11.1. The molecule has 1 aromatic heterocycles. The minimum atomic E-state index is -0.558. The van der Waals surface area contributed by atoms with E-state index in [0.717, 1.165) is 0 Å². The Morgan fingerprint density at radius 2 is 2.38 bits per heavy atom. The van der Waals surface area contributed by atoms with E-state index in [1.54, 1.807) is 19.1 Å². The van der Waals surface area contributed by atoms with E-state index in [1.807, 2.05) is 0 Å². The van der Waals surface area contributed by atoms with Gasteiger partial charge in [0.1, 0.15) is 0 Å². The highest BCUT2D eigenvalue weighted by Gasteiger charge is 2.08. The molecule has 0 saturated carbocycles. The van der Waals surface area contributed by atoms with Crippen molar-refractivity contribution >= 4 is 43.9 Å². The number of anilines is 1. The molecule has 0 bridgehead atoms. The third-order valence-corrected chi connectivity index (χ3v) is 2.05. The van der Waals surface area contributed by atoms with Crippen molar-refractivity contribution in [1.29, 1.82) is 0 Å². The van der Waals surface area contributed by atoms with Crippen molar-refractivity contribution in [2.75, 3.05) is 12.0 Å². The summed E-state index contributed by atoms with van der Waals surface area (Å²) in [7, 11) is 0. The van der Waals surface area contributed by atoms with Gasteiger partial charge in [-0.15, -0.1) is 10.2 Å². The Morgan fingerprint density at radius 1 is 1.62 bits per heavy atom. The fourth-order valence-electron chi connectivity index (χ4n) is 0.718. The van der Waals surface area contributed by atoms with Crippen LogP contribution in [-0.4, -0.2) is 27.4 Å². The Bertz CT molecular complexity index is 396. The Balaban J connectivity index is 2.58. The summed E-state index contributed by atoms with van der Waals surface area (Å²) in [6.07, 6.45) is 0. The molecule has 0 atom stereocenters. The second-order valence-electron chi connectivity index (χ2n) is 2.48. The average Bonchev–Trinajstić information content (AvgIpc) is 2.28. The van der Waals surface area contributed by atoms with E-state index in [4.69, 9.17) is 16.3 Å². The third-order valence-electron chi connectivity index (χ3n) is 1.34. The van der Waals surface area contributed by atoms with Crippen molar-refractivity contribution in [3.8, 4) is 0 Å². The van der Waals surface area contributed by atoms with Crippen LogP contribution in [0, 0.1) is 0 Å². The number of rotatable bonds is 4. The number of hydrazone groups is 1. The number of carbonyl (C=O) groups excluding carboxylic acids is 1. The predicted octanol–water partition coefficient (Wildman–Crippen LogP) is 1.81. The first-order chi connectivity index (χ1) is 7.63. The maximum atomic E-state index is 11.1. The molecule has 8 heteroatoms. The van der Waals surface area contributed by atoms with Gasteiger partial charge in [-0.2, -0.15) is 5.10 Å². The predicted molar refractivity (Wildman–Crippen MR) is 63.7 cm³/mol.